The molecule has 3 rings (SSSR count). The van der Waals surface area contributed by atoms with E-state index in [1.807, 2.05) is 18.2 Å². The smallest absolute Gasteiger partial charge is 0.287 e. The lowest BCUT2D eigenvalue weighted by atomic mass is 10.1. The molecule has 0 fully saturated rings. The van der Waals surface area contributed by atoms with E-state index in [1.54, 1.807) is 54.6 Å². The molecule has 0 atom stereocenters. The first-order valence-electron chi connectivity index (χ1n) is 8.84. The molecule has 0 spiro atoms. The van der Waals surface area contributed by atoms with Crippen LogP contribution in [0.1, 0.15) is 21.5 Å². The van der Waals surface area contributed by atoms with Crippen molar-refractivity contribution in [3.05, 3.63) is 113 Å². The van der Waals surface area contributed by atoms with Gasteiger partial charge >= 0.3 is 0 Å². The van der Waals surface area contributed by atoms with Crippen molar-refractivity contribution in [1.82, 2.24) is 10.7 Å². The minimum atomic E-state index is -0.634. The summed E-state index contributed by atoms with van der Waals surface area (Å²) >= 11 is 0. The number of rotatable bonds is 6. The zero-order chi connectivity index (χ0) is 20.5. The van der Waals surface area contributed by atoms with Gasteiger partial charge in [-0.15, -0.1) is 0 Å². The van der Waals surface area contributed by atoms with Crippen LogP contribution >= 0.6 is 0 Å². The molecule has 0 saturated heterocycles. The van der Waals surface area contributed by atoms with E-state index in [4.69, 9.17) is 0 Å². The largest absolute Gasteiger partial charge is 0.317 e. The summed E-state index contributed by atoms with van der Waals surface area (Å²) in [5, 5.41) is 6.39. The van der Waals surface area contributed by atoms with Crippen LogP contribution in [0.5, 0.6) is 0 Å². The van der Waals surface area contributed by atoms with Gasteiger partial charge in [0.05, 0.1) is 6.21 Å². The summed E-state index contributed by atoms with van der Waals surface area (Å²) in [6.45, 7) is 0. The highest BCUT2D eigenvalue weighted by atomic mass is 19.1. The normalized spacial score (nSPS) is 11.3. The van der Waals surface area contributed by atoms with Gasteiger partial charge in [-0.25, -0.2) is 9.82 Å². The predicted octanol–water partition coefficient (Wildman–Crippen LogP) is 3.75. The Morgan fingerprint density at radius 3 is 2.14 bits per heavy atom. The van der Waals surface area contributed by atoms with Crippen LogP contribution in [0.3, 0.4) is 0 Å². The Labute approximate surface area is 167 Å². The molecule has 2 N–H and O–H groups in total. The molecule has 0 aliphatic rings. The van der Waals surface area contributed by atoms with Crippen LogP contribution in [0.2, 0.25) is 0 Å². The molecule has 3 aromatic rings. The molecule has 0 saturated carbocycles. The Balaban J connectivity index is 1.79. The second-order valence-electron chi connectivity index (χ2n) is 6.01. The van der Waals surface area contributed by atoms with Gasteiger partial charge in [-0.05, 0) is 29.8 Å². The fraction of sp³-hybridized carbons (Fsp3) is 0. The molecule has 144 valence electrons. The van der Waals surface area contributed by atoms with Crippen LogP contribution in [0.4, 0.5) is 4.39 Å². The van der Waals surface area contributed by atoms with Crippen molar-refractivity contribution < 1.29 is 14.0 Å². The Hall–Kier alpha value is -4.06. The molecule has 3 aromatic carbocycles. The molecule has 2 amide bonds. The molecule has 0 heterocycles. The molecule has 0 unspecified atom stereocenters. The minimum absolute atomic E-state index is 0.00994. The number of hydrogen-bond donors (Lipinski definition) is 2. The number of carbonyl (C=O) groups is 2. The first-order valence-corrected chi connectivity index (χ1v) is 8.84. The first kappa shape index (κ1) is 19.7. The number of benzene rings is 3. The van der Waals surface area contributed by atoms with Gasteiger partial charge < -0.3 is 5.32 Å². The van der Waals surface area contributed by atoms with Crippen LogP contribution in [0, 0.1) is 5.82 Å². The fourth-order valence-electron chi connectivity index (χ4n) is 2.46. The van der Waals surface area contributed by atoms with Gasteiger partial charge in [0.1, 0.15) is 11.5 Å². The maximum Gasteiger partial charge on any atom is 0.287 e. The van der Waals surface area contributed by atoms with Gasteiger partial charge in [0, 0.05) is 11.1 Å². The van der Waals surface area contributed by atoms with E-state index in [0.29, 0.717) is 5.56 Å². The Morgan fingerprint density at radius 1 is 0.828 bits per heavy atom. The lowest BCUT2D eigenvalue weighted by Gasteiger charge is -2.09. The quantitative estimate of drug-likeness (QED) is 0.384. The van der Waals surface area contributed by atoms with Crippen molar-refractivity contribution >= 4 is 24.1 Å². The molecule has 0 aromatic heterocycles. The zero-order valence-electron chi connectivity index (χ0n) is 15.4. The number of carbonyl (C=O) groups excluding carboxylic acids is 2. The van der Waals surface area contributed by atoms with E-state index in [0.717, 1.165) is 5.56 Å². The second-order valence-corrected chi connectivity index (χ2v) is 6.01. The third kappa shape index (κ3) is 5.71. The molecule has 6 heteroatoms. The lowest BCUT2D eigenvalue weighted by molar-refractivity contribution is -0.117. The van der Waals surface area contributed by atoms with Gasteiger partial charge in [0.25, 0.3) is 11.8 Å². The van der Waals surface area contributed by atoms with Crippen LogP contribution in [0.15, 0.2) is 95.7 Å². The molecule has 29 heavy (non-hydrogen) atoms. The standard InChI is InChI=1S/C23H18FN3O2/c24-20-14-8-7-13-19(20)16-25-27-23(29)21(15-17-9-3-1-4-10-17)26-22(28)18-11-5-2-6-12-18/h1-16H,(H,26,28)(H,27,29)/b21-15+,25-16-. The number of halogens is 1. The van der Waals surface area contributed by atoms with E-state index in [9.17, 15) is 14.0 Å². The molecule has 0 bridgehead atoms. The summed E-state index contributed by atoms with van der Waals surface area (Å²) in [6, 6.07) is 23.7. The number of amides is 2. The monoisotopic (exact) mass is 387 g/mol. The van der Waals surface area contributed by atoms with E-state index in [2.05, 4.69) is 15.8 Å². The Kier molecular flexibility index (Phi) is 6.62. The third-order valence-corrected chi connectivity index (χ3v) is 3.91. The van der Waals surface area contributed by atoms with Gasteiger partial charge in [0.15, 0.2) is 0 Å². The molecule has 0 aliphatic heterocycles. The second kappa shape index (κ2) is 9.75. The van der Waals surface area contributed by atoms with Crippen molar-refractivity contribution in [3.8, 4) is 0 Å². The maximum absolute atomic E-state index is 13.6. The van der Waals surface area contributed by atoms with E-state index >= 15 is 0 Å². The zero-order valence-corrected chi connectivity index (χ0v) is 15.4. The van der Waals surface area contributed by atoms with Crippen LogP contribution in [-0.4, -0.2) is 18.0 Å². The third-order valence-electron chi connectivity index (χ3n) is 3.91. The first-order chi connectivity index (χ1) is 14.1. The van der Waals surface area contributed by atoms with E-state index in [1.165, 1.54) is 24.4 Å². The van der Waals surface area contributed by atoms with Crippen LogP contribution < -0.4 is 10.7 Å². The molecule has 5 nitrogen and oxygen atoms in total. The summed E-state index contributed by atoms with van der Waals surface area (Å²) in [7, 11) is 0. The molecular weight excluding hydrogens is 369 g/mol. The van der Waals surface area contributed by atoms with Gasteiger partial charge in [-0.3, -0.25) is 9.59 Å². The summed E-state index contributed by atoms with van der Waals surface area (Å²) in [5.74, 6) is -1.52. The minimum Gasteiger partial charge on any atom is -0.317 e. The van der Waals surface area contributed by atoms with Gasteiger partial charge in [-0.1, -0.05) is 66.7 Å². The maximum atomic E-state index is 13.6. The van der Waals surface area contributed by atoms with E-state index in [-0.39, 0.29) is 11.3 Å². The van der Waals surface area contributed by atoms with Gasteiger partial charge in [0.2, 0.25) is 0 Å². The lowest BCUT2D eigenvalue weighted by Crippen LogP contribution is -2.32. The van der Waals surface area contributed by atoms with Crippen molar-refractivity contribution in [2.75, 3.05) is 0 Å². The highest BCUT2D eigenvalue weighted by Gasteiger charge is 2.14. The van der Waals surface area contributed by atoms with Crippen LogP contribution in [0.25, 0.3) is 6.08 Å². The summed E-state index contributed by atoms with van der Waals surface area (Å²) in [5.41, 5.74) is 3.69. The van der Waals surface area contributed by atoms with Gasteiger partial charge in [-0.2, -0.15) is 5.10 Å². The number of nitrogens with one attached hydrogen (secondary N) is 2. The summed E-state index contributed by atoms with van der Waals surface area (Å²) in [6.07, 6.45) is 2.74. The average Bonchev–Trinajstić information content (AvgIpc) is 2.76. The highest BCUT2D eigenvalue weighted by molar-refractivity contribution is 6.05. The van der Waals surface area contributed by atoms with Crippen molar-refractivity contribution in [3.63, 3.8) is 0 Å². The Morgan fingerprint density at radius 2 is 1.45 bits per heavy atom. The van der Waals surface area contributed by atoms with E-state index < -0.39 is 17.6 Å². The number of hydrogen-bond acceptors (Lipinski definition) is 3. The highest BCUT2D eigenvalue weighted by Crippen LogP contribution is 2.07. The van der Waals surface area contributed by atoms with Crippen LogP contribution in [-0.2, 0) is 4.79 Å². The number of nitrogens with zero attached hydrogens (tertiary/aromatic N) is 1. The van der Waals surface area contributed by atoms with Crippen molar-refractivity contribution in [2.45, 2.75) is 0 Å². The predicted molar refractivity (Wildman–Crippen MR) is 110 cm³/mol. The van der Waals surface area contributed by atoms with Crippen molar-refractivity contribution in [2.24, 2.45) is 5.10 Å². The summed E-state index contributed by atoms with van der Waals surface area (Å²) < 4.78 is 13.6. The fourth-order valence-corrected chi connectivity index (χ4v) is 2.46. The topological polar surface area (TPSA) is 70.6 Å². The Bertz CT molecular complexity index is 1050. The molecular formula is C23H18FN3O2. The van der Waals surface area contributed by atoms with Crippen molar-refractivity contribution in [1.29, 1.82) is 0 Å². The number of hydrazone groups is 1. The SMILES string of the molecule is O=C(N/N=C\c1ccccc1F)/C(=C\c1ccccc1)NC(=O)c1ccccc1. The molecule has 0 aliphatic carbocycles. The summed E-state index contributed by atoms with van der Waals surface area (Å²) in [4.78, 5) is 25.1. The molecule has 0 radical (unpaired) electrons. The average molecular weight is 387 g/mol.